The molecule has 80 valence electrons. The molecule has 0 N–H and O–H groups in total. The van der Waals surface area contributed by atoms with Gasteiger partial charge in [0.15, 0.2) is 0 Å². The normalized spacial score (nSPS) is 14.1. The first-order chi connectivity index (χ1) is 6.17. The predicted molar refractivity (Wildman–Crippen MR) is 61.1 cm³/mol. The van der Waals surface area contributed by atoms with E-state index in [0.717, 1.165) is 12.1 Å². The highest BCUT2D eigenvalue weighted by atomic mass is 15.1. The summed E-state index contributed by atoms with van der Waals surface area (Å²) < 4.78 is 0. The van der Waals surface area contributed by atoms with E-state index in [2.05, 4.69) is 39.6 Å². The summed E-state index contributed by atoms with van der Waals surface area (Å²) >= 11 is 0. The quantitative estimate of drug-likeness (QED) is 0.585. The molecule has 0 amide bonds. The molecule has 0 saturated heterocycles. The smallest absolute Gasteiger partial charge is 0.00948 e. The van der Waals surface area contributed by atoms with Gasteiger partial charge in [0.25, 0.3) is 0 Å². The Labute approximate surface area is 84.5 Å². The van der Waals surface area contributed by atoms with E-state index >= 15 is 0 Å². The van der Waals surface area contributed by atoms with Crippen LogP contribution < -0.4 is 0 Å². The molecule has 0 radical (unpaired) electrons. The van der Waals surface area contributed by atoms with E-state index < -0.39 is 0 Å². The zero-order chi connectivity index (χ0) is 10.3. The third-order valence-electron chi connectivity index (χ3n) is 3.11. The van der Waals surface area contributed by atoms with Gasteiger partial charge in [0.1, 0.15) is 0 Å². The van der Waals surface area contributed by atoms with Gasteiger partial charge in [-0.05, 0) is 33.2 Å². The Bertz CT molecular complexity index is 106. The summed E-state index contributed by atoms with van der Waals surface area (Å²) in [6.07, 6.45) is 6.60. The molecule has 0 aliphatic heterocycles. The van der Waals surface area contributed by atoms with Crippen LogP contribution in [-0.4, -0.2) is 24.0 Å². The van der Waals surface area contributed by atoms with Crippen molar-refractivity contribution in [1.29, 1.82) is 0 Å². The Morgan fingerprint density at radius 1 is 1.00 bits per heavy atom. The second-order valence-corrected chi connectivity index (χ2v) is 4.15. The van der Waals surface area contributed by atoms with Crippen molar-refractivity contribution in [2.45, 2.75) is 71.9 Å². The van der Waals surface area contributed by atoms with Gasteiger partial charge in [-0.25, -0.2) is 0 Å². The summed E-state index contributed by atoms with van der Waals surface area (Å²) in [5, 5.41) is 0. The average molecular weight is 185 g/mol. The zero-order valence-electron chi connectivity index (χ0n) is 10.1. The lowest BCUT2D eigenvalue weighted by Gasteiger charge is -2.32. The minimum atomic E-state index is 0.739. The van der Waals surface area contributed by atoms with E-state index in [-0.39, 0.29) is 0 Å². The van der Waals surface area contributed by atoms with Gasteiger partial charge >= 0.3 is 0 Å². The van der Waals surface area contributed by atoms with Crippen molar-refractivity contribution < 1.29 is 0 Å². The second-order valence-electron chi connectivity index (χ2n) is 4.15. The van der Waals surface area contributed by atoms with Gasteiger partial charge in [0.2, 0.25) is 0 Å². The Balaban J connectivity index is 4.00. The first-order valence-electron chi connectivity index (χ1n) is 5.89. The van der Waals surface area contributed by atoms with Crippen molar-refractivity contribution in [3.05, 3.63) is 0 Å². The van der Waals surface area contributed by atoms with Crippen LogP contribution in [0.3, 0.4) is 0 Å². The summed E-state index contributed by atoms with van der Waals surface area (Å²) in [7, 11) is 2.28. The lowest BCUT2D eigenvalue weighted by Crippen LogP contribution is -2.38. The summed E-state index contributed by atoms with van der Waals surface area (Å²) in [6, 6.07) is 1.55. The third kappa shape index (κ3) is 4.66. The van der Waals surface area contributed by atoms with Crippen LogP contribution >= 0.6 is 0 Å². The first kappa shape index (κ1) is 13.0. The Hall–Kier alpha value is -0.0400. The fourth-order valence-corrected chi connectivity index (χ4v) is 1.87. The van der Waals surface area contributed by atoms with Gasteiger partial charge in [-0.1, -0.05) is 33.6 Å². The van der Waals surface area contributed by atoms with E-state index in [4.69, 9.17) is 0 Å². The maximum absolute atomic E-state index is 2.56. The third-order valence-corrected chi connectivity index (χ3v) is 3.11. The maximum Gasteiger partial charge on any atom is 0.00948 e. The van der Waals surface area contributed by atoms with Gasteiger partial charge in [0, 0.05) is 12.1 Å². The van der Waals surface area contributed by atoms with Gasteiger partial charge in [-0.3, -0.25) is 0 Å². The van der Waals surface area contributed by atoms with Crippen molar-refractivity contribution in [3.8, 4) is 0 Å². The van der Waals surface area contributed by atoms with Crippen molar-refractivity contribution in [2.24, 2.45) is 0 Å². The maximum atomic E-state index is 2.56. The first-order valence-corrected chi connectivity index (χ1v) is 5.89. The molecule has 0 heterocycles. The van der Waals surface area contributed by atoms with Gasteiger partial charge in [0.05, 0.1) is 0 Å². The van der Waals surface area contributed by atoms with Crippen LogP contribution in [0.1, 0.15) is 59.8 Å². The fourth-order valence-electron chi connectivity index (χ4n) is 1.87. The van der Waals surface area contributed by atoms with Crippen molar-refractivity contribution >= 4 is 0 Å². The van der Waals surface area contributed by atoms with Crippen LogP contribution in [0.2, 0.25) is 0 Å². The monoisotopic (exact) mass is 185 g/mol. The number of rotatable bonds is 7. The van der Waals surface area contributed by atoms with E-state index in [9.17, 15) is 0 Å². The molecule has 0 spiro atoms. The molecule has 0 aromatic carbocycles. The molecule has 1 heteroatoms. The summed E-state index contributed by atoms with van der Waals surface area (Å²) in [5.41, 5.74) is 0. The fraction of sp³-hybridized carbons (Fsp3) is 1.00. The van der Waals surface area contributed by atoms with Crippen molar-refractivity contribution in [3.63, 3.8) is 0 Å². The van der Waals surface area contributed by atoms with Crippen LogP contribution in [0.25, 0.3) is 0 Å². The van der Waals surface area contributed by atoms with E-state index in [1.54, 1.807) is 0 Å². The molecule has 0 aromatic rings. The summed E-state index contributed by atoms with van der Waals surface area (Å²) in [5.74, 6) is 0. The van der Waals surface area contributed by atoms with Crippen LogP contribution in [0.4, 0.5) is 0 Å². The van der Waals surface area contributed by atoms with Crippen LogP contribution in [0.5, 0.6) is 0 Å². The summed E-state index contributed by atoms with van der Waals surface area (Å²) in [4.78, 5) is 2.56. The van der Waals surface area contributed by atoms with Gasteiger partial charge in [-0.2, -0.15) is 0 Å². The zero-order valence-corrected chi connectivity index (χ0v) is 10.1. The molecule has 1 nitrogen and oxygen atoms in total. The Morgan fingerprint density at radius 3 is 1.77 bits per heavy atom. The van der Waals surface area contributed by atoms with Crippen molar-refractivity contribution in [1.82, 2.24) is 4.90 Å². The van der Waals surface area contributed by atoms with Crippen molar-refractivity contribution in [2.75, 3.05) is 7.05 Å². The number of hydrogen-bond acceptors (Lipinski definition) is 1. The molecule has 0 aromatic heterocycles. The minimum absolute atomic E-state index is 0.739. The molecule has 0 aliphatic rings. The van der Waals surface area contributed by atoms with E-state index in [1.807, 2.05) is 0 Å². The highest BCUT2D eigenvalue weighted by Gasteiger charge is 2.16. The predicted octanol–water partition coefficient (Wildman–Crippen LogP) is 3.69. The lowest BCUT2D eigenvalue weighted by atomic mass is 10.0. The second kappa shape index (κ2) is 7.37. The highest BCUT2D eigenvalue weighted by molar-refractivity contribution is 4.72. The SMILES string of the molecule is CCCC(CCC)N(C)C(C)CC. The minimum Gasteiger partial charge on any atom is -0.301 e. The molecular weight excluding hydrogens is 158 g/mol. The Kier molecular flexibility index (Phi) is 7.35. The van der Waals surface area contributed by atoms with Gasteiger partial charge < -0.3 is 4.90 Å². The number of hydrogen-bond donors (Lipinski definition) is 0. The molecule has 0 saturated carbocycles. The standard InChI is InChI=1S/C12H27N/c1-6-9-12(10-7-2)13(5)11(4)8-3/h11-12H,6-10H2,1-5H3. The molecule has 1 unspecified atom stereocenters. The van der Waals surface area contributed by atoms with Crippen LogP contribution in [0.15, 0.2) is 0 Å². The molecule has 13 heavy (non-hydrogen) atoms. The summed E-state index contributed by atoms with van der Waals surface area (Å²) in [6.45, 7) is 9.18. The largest absolute Gasteiger partial charge is 0.301 e. The van der Waals surface area contributed by atoms with Crippen LogP contribution in [0, 0.1) is 0 Å². The molecule has 0 fully saturated rings. The molecular formula is C12H27N. The van der Waals surface area contributed by atoms with Crippen LogP contribution in [-0.2, 0) is 0 Å². The van der Waals surface area contributed by atoms with E-state index in [1.165, 1.54) is 32.1 Å². The average Bonchev–Trinajstić information content (AvgIpc) is 2.15. The Morgan fingerprint density at radius 2 is 1.46 bits per heavy atom. The molecule has 0 rings (SSSR count). The lowest BCUT2D eigenvalue weighted by molar-refractivity contribution is 0.160. The topological polar surface area (TPSA) is 3.24 Å². The van der Waals surface area contributed by atoms with Gasteiger partial charge in [-0.15, -0.1) is 0 Å². The molecule has 0 bridgehead atoms. The molecule has 1 atom stereocenters. The highest BCUT2D eigenvalue weighted by Crippen LogP contribution is 2.15. The molecule has 0 aliphatic carbocycles. The van der Waals surface area contributed by atoms with E-state index in [0.29, 0.717) is 0 Å². The number of nitrogens with zero attached hydrogens (tertiary/aromatic N) is 1.